The number of halogens is 1. The van der Waals surface area contributed by atoms with Crippen LogP contribution in [-0.4, -0.2) is 31.7 Å². The minimum Gasteiger partial charge on any atom is -0.382 e. The topological polar surface area (TPSA) is 94.3 Å². The van der Waals surface area contributed by atoms with Crippen LogP contribution < -0.4 is 10.5 Å². The molecule has 3 rings (SSSR count). The first kappa shape index (κ1) is 13.1. The summed E-state index contributed by atoms with van der Waals surface area (Å²) in [5.41, 5.74) is 5.47. The summed E-state index contributed by atoms with van der Waals surface area (Å²) in [6.07, 6.45) is 4.01. The fourth-order valence-electron chi connectivity index (χ4n) is 2.61. The van der Waals surface area contributed by atoms with Crippen molar-refractivity contribution in [2.24, 2.45) is 0 Å². The van der Waals surface area contributed by atoms with Crippen LogP contribution >= 0.6 is 11.6 Å². The van der Waals surface area contributed by atoms with Crippen molar-refractivity contribution in [3.8, 4) is 0 Å². The third-order valence-corrected chi connectivity index (χ3v) is 5.33. The minimum absolute atomic E-state index is 0.0167. The lowest BCUT2D eigenvalue weighted by molar-refractivity contribution is 0.0996. The molecule has 104 valence electrons. The number of nitrogen functional groups attached to an aromatic ring is 1. The van der Waals surface area contributed by atoms with Gasteiger partial charge >= 0.3 is 0 Å². The zero-order valence-electron chi connectivity index (χ0n) is 10.0. The number of anilines is 1. The van der Waals surface area contributed by atoms with Crippen molar-refractivity contribution in [2.45, 2.75) is 42.4 Å². The normalized spacial score (nSPS) is 29.8. The van der Waals surface area contributed by atoms with E-state index in [1.165, 1.54) is 12.3 Å². The Hall–Kier alpha value is -0.890. The lowest BCUT2D eigenvalue weighted by Gasteiger charge is -2.19. The zero-order chi connectivity index (χ0) is 13.6. The second kappa shape index (κ2) is 4.59. The van der Waals surface area contributed by atoms with Crippen LogP contribution in [0, 0.1) is 0 Å². The van der Waals surface area contributed by atoms with E-state index < -0.39 is 10.0 Å². The van der Waals surface area contributed by atoms with E-state index >= 15 is 0 Å². The number of rotatable bonds is 3. The summed E-state index contributed by atoms with van der Waals surface area (Å²) in [6.45, 7) is 0. The van der Waals surface area contributed by atoms with Crippen LogP contribution in [0.2, 0.25) is 5.02 Å². The number of fused-ring (bicyclic) bond motifs is 2. The summed E-state index contributed by atoms with van der Waals surface area (Å²) in [5, 5.41) is 0.132. The molecule has 0 spiro atoms. The molecule has 19 heavy (non-hydrogen) atoms. The molecule has 2 aliphatic heterocycles. The van der Waals surface area contributed by atoms with Crippen LogP contribution in [-0.2, 0) is 14.8 Å². The van der Waals surface area contributed by atoms with E-state index in [-0.39, 0.29) is 34.0 Å². The predicted octanol–water partition coefficient (Wildman–Crippen LogP) is 0.915. The van der Waals surface area contributed by atoms with Gasteiger partial charge in [0.2, 0.25) is 10.0 Å². The van der Waals surface area contributed by atoms with Gasteiger partial charge in [0, 0.05) is 6.20 Å². The average Bonchev–Trinajstić information content (AvgIpc) is 2.94. The highest BCUT2D eigenvalue weighted by Crippen LogP contribution is 2.35. The smallest absolute Gasteiger partial charge is 0.242 e. The highest BCUT2D eigenvalue weighted by Gasteiger charge is 2.42. The van der Waals surface area contributed by atoms with Crippen LogP contribution in [0.5, 0.6) is 0 Å². The highest BCUT2D eigenvalue weighted by atomic mass is 35.5. The number of pyridine rings is 1. The molecular formula is C11H14ClN3O3S. The third kappa shape index (κ3) is 2.43. The monoisotopic (exact) mass is 303 g/mol. The number of aromatic nitrogens is 1. The van der Waals surface area contributed by atoms with Crippen molar-refractivity contribution in [1.82, 2.24) is 9.71 Å². The van der Waals surface area contributed by atoms with Crippen molar-refractivity contribution in [2.75, 3.05) is 5.73 Å². The second-order valence-electron chi connectivity index (χ2n) is 4.88. The SMILES string of the molecule is Nc1ncc(S(=O)(=O)NC2CC3CCC2O3)cc1Cl. The standard InChI is InChI=1S/C11H14ClN3O3S/c12-8-4-7(5-14-11(8)13)19(16,17)15-9-3-6-1-2-10(9)18-6/h4-6,9-10,15H,1-3H2,(H2,13,14). The number of hydrogen-bond acceptors (Lipinski definition) is 5. The van der Waals surface area contributed by atoms with Gasteiger partial charge in [0.15, 0.2) is 0 Å². The molecule has 2 bridgehead atoms. The number of nitrogens with zero attached hydrogens (tertiary/aromatic N) is 1. The van der Waals surface area contributed by atoms with E-state index in [0.717, 1.165) is 19.3 Å². The molecule has 8 heteroatoms. The third-order valence-electron chi connectivity index (χ3n) is 3.57. The number of sulfonamides is 1. The molecule has 2 fully saturated rings. The van der Waals surface area contributed by atoms with Crippen molar-refractivity contribution < 1.29 is 13.2 Å². The first-order chi connectivity index (χ1) is 8.95. The largest absolute Gasteiger partial charge is 0.382 e. The van der Waals surface area contributed by atoms with Crippen molar-refractivity contribution >= 4 is 27.4 Å². The lowest BCUT2D eigenvalue weighted by atomic mass is 9.96. The molecule has 0 saturated carbocycles. The fourth-order valence-corrected chi connectivity index (χ4v) is 4.09. The predicted molar refractivity (Wildman–Crippen MR) is 70.3 cm³/mol. The molecule has 3 N–H and O–H groups in total. The molecule has 3 atom stereocenters. The Bertz CT molecular complexity index is 607. The molecule has 3 unspecified atom stereocenters. The average molecular weight is 304 g/mol. The molecule has 3 heterocycles. The van der Waals surface area contributed by atoms with Crippen LogP contribution in [0.25, 0.3) is 0 Å². The summed E-state index contributed by atoms with van der Waals surface area (Å²) in [7, 11) is -3.64. The van der Waals surface area contributed by atoms with Gasteiger partial charge in [-0.1, -0.05) is 11.6 Å². The van der Waals surface area contributed by atoms with Gasteiger partial charge in [0.1, 0.15) is 10.7 Å². The van der Waals surface area contributed by atoms with Gasteiger partial charge in [0.25, 0.3) is 0 Å². The van der Waals surface area contributed by atoms with E-state index in [1.807, 2.05) is 0 Å². The van der Waals surface area contributed by atoms with E-state index in [2.05, 4.69) is 9.71 Å². The Morgan fingerprint density at radius 2 is 2.26 bits per heavy atom. The molecule has 2 aliphatic rings. The van der Waals surface area contributed by atoms with Gasteiger partial charge in [-0.3, -0.25) is 0 Å². The fraction of sp³-hybridized carbons (Fsp3) is 0.545. The quantitative estimate of drug-likeness (QED) is 0.866. The summed E-state index contributed by atoms with van der Waals surface area (Å²) >= 11 is 5.80. The van der Waals surface area contributed by atoms with E-state index in [9.17, 15) is 8.42 Å². The van der Waals surface area contributed by atoms with Crippen molar-refractivity contribution in [3.63, 3.8) is 0 Å². The van der Waals surface area contributed by atoms with Crippen LogP contribution in [0.1, 0.15) is 19.3 Å². The summed E-state index contributed by atoms with van der Waals surface area (Å²) in [4.78, 5) is 3.79. The summed E-state index contributed by atoms with van der Waals surface area (Å²) < 4.78 is 32.7. The molecule has 6 nitrogen and oxygen atoms in total. The first-order valence-corrected chi connectivity index (χ1v) is 7.90. The number of ether oxygens (including phenoxy) is 1. The molecular weight excluding hydrogens is 290 g/mol. The van der Waals surface area contributed by atoms with Gasteiger partial charge in [-0.15, -0.1) is 0 Å². The van der Waals surface area contributed by atoms with Gasteiger partial charge in [-0.25, -0.2) is 18.1 Å². The van der Waals surface area contributed by atoms with E-state index in [1.54, 1.807) is 0 Å². The maximum atomic E-state index is 12.2. The molecule has 0 aliphatic carbocycles. The molecule has 1 aromatic heterocycles. The second-order valence-corrected chi connectivity index (χ2v) is 7.00. The Kier molecular flexibility index (Phi) is 3.17. The Labute approximate surface area is 116 Å². The highest BCUT2D eigenvalue weighted by molar-refractivity contribution is 7.89. The first-order valence-electron chi connectivity index (χ1n) is 6.04. The molecule has 0 amide bonds. The number of nitrogens with two attached hydrogens (primary N) is 1. The number of nitrogens with one attached hydrogen (secondary N) is 1. The van der Waals surface area contributed by atoms with Gasteiger partial charge in [-0.05, 0) is 25.3 Å². The maximum absolute atomic E-state index is 12.2. The maximum Gasteiger partial charge on any atom is 0.242 e. The zero-order valence-corrected chi connectivity index (χ0v) is 11.6. The molecule has 0 radical (unpaired) electrons. The molecule has 1 aromatic rings. The minimum atomic E-state index is -3.64. The van der Waals surface area contributed by atoms with Gasteiger partial charge in [-0.2, -0.15) is 0 Å². The van der Waals surface area contributed by atoms with Gasteiger partial charge < -0.3 is 10.5 Å². The van der Waals surface area contributed by atoms with E-state index in [4.69, 9.17) is 22.1 Å². The lowest BCUT2D eigenvalue weighted by Crippen LogP contribution is -2.41. The van der Waals surface area contributed by atoms with Crippen molar-refractivity contribution in [3.05, 3.63) is 17.3 Å². The summed E-state index contributed by atoms with van der Waals surface area (Å²) in [5.74, 6) is 0.115. The van der Waals surface area contributed by atoms with Gasteiger partial charge in [0.05, 0.1) is 23.3 Å². The van der Waals surface area contributed by atoms with E-state index in [0.29, 0.717) is 0 Å². The Morgan fingerprint density at radius 3 is 2.84 bits per heavy atom. The van der Waals surface area contributed by atoms with Crippen LogP contribution in [0.15, 0.2) is 17.2 Å². The summed E-state index contributed by atoms with van der Waals surface area (Å²) in [6, 6.07) is 1.14. The van der Waals surface area contributed by atoms with Crippen LogP contribution in [0.4, 0.5) is 5.82 Å². The van der Waals surface area contributed by atoms with Crippen molar-refractivity contribution in [1.29, 1.82) is 0 Å². The molecule has 2 saturated heterocycles. The Morgan fingerprint density at radius 1 is 1.47 bits per heavy atom. The number of hydrogen-bond donors (Lipinski definition) is 2. The molecule has 0 aromatic carbocycles. The van der Waals surface area contributed by atoms with Crippen LogP contribution in [0.3, 0.4) is 0 Å². The Balaban J connectivity index is 1.80.